The van der Waals surface area contributed by atoms with E-state index in [1.807, 2.05) is 24.3 Å². The van der Waals surface area contributed by atoms with Crippen molar-refractivity contribution in [2.24, 2.45) is 0 Å². The Morgan fingerprint density at radius 2 is 1.90 bits per heavy atom. The summed E-state index contributed by atoms with van der Waals surface area (Å²) in [4.78, 5) is 0.376. The van der Waals surface area contributed by atoms with Gasteiger partial charge >= 0.3 is 0 Å². The normalized spacial score (nSPS) is 16.8. The fraction of sp³-hybridized carbons (Fsp3) is 0.467. The average molecular weight is 294 g/mol. The molecule has 5 heteroatoms. The lowest BCUT2D eigenvalue weighted by molar-refractivity contribution is 0.437. The minimum atomic E-state index is -3.35. The van der Waals surface area contributed by atoms with Gasteiger partial charge in [-0.2, -0.15) is 4.31 Å². The Labute approximate surface area is 121 Å². The van der Waals surface area contributed by atoms with Crippen molar-refractivity contribution in [3.8, 4) is 0 Å². The van der Waals surface area contributed by atoms with Crippen molar-refractivity contribution in [3.63, 3.8) is 0 Å². The summed E-state index contributed by atoms with van der Waals surface area (Å²) in [7, 11) is -3.35. The Morgan fingerprint density at radius 1 is 1.20 bits per heavy atom. The molecule has 0 unspecified atom stereocenters. The van der Waals surface area contributed by atoms with Crippen LogP contribution in [0.4, 0.5) is 0 Å². The van der Waals surface area contributed by atoms with Gasteiger partial charge in [0.2, 0.25) is 10.0 Å². The maximum absolute atomic E-state index is 12.4. The Hall–Kier alpha value is -1.17. The highest BCUT2D eigenvalue weighted by molar-refractivity contribution is 7.89. The molecule has 0 radical (unpaired) electrons. The number of benzene rings is 1. The van der Waals surface area contributed by atoms with E-state index in [1.54, 1.807) is 12.1 Å². The van der Waals surface area contributed by atoms with Crippen molar-refractivity contribution in [1.82, 2.24) is 9.62 Å². The van der Waals surface area contributed by atoms with Crippen molar-refractivity contribution in [2.45, 2.75) is 37.8 Å². The summed E-state index contributed by atoms with van der Waals surface area (Å²) >= 11 is 0. The average Bonchev–Trinajstić information content (AvgIpc) is 2.46. The second kappa shape index (κ2) is 6.52. The molecule has 110 valence electrons. The van der Waals surface area contributed by atoms with Crippen molar-refractivity contribution < 1.29 is 8.42 Å². The van der Waals surface area contributed by atoms with Crippen LogP contribution < -0.4 is 5.32 Å². The van der Waals surface area contributed by atoms with E-state index in [0.717, 1.165) is 18.5 Å². The maximum atomic E-state index is 12.4. The third-order valence-electron chi connectivity index (χ3n) is 3.30. The van der Waals surface area contributed by atoms with Gasteiger partial charge in [-0.15, -0.1) is 0 Å². The molecule has 0 amide bonds. The third-order valence-corrected chi connectivity index (χ3v) is 5.18. The molecule has 0 saturated carbocycles. The van der Waals surface area contributed by atoms with Crippen molar-refractivity contribution in [1.29, 1.82) is 0 Å². The van der Waals surface area contributed by atoms with Gasteiger partial charge in [0.15, 0.2) is 0 Å². The van der Waals surface area contributed by atoms with E-state index in [-0.39, 0.29) is 0 Å². The second-order valence-electron chi connectivity index (χ2n) is 5.30. The van der Waals surface area contributed by atoms with Gasteiger partial charge in [-0.1, -0.05) is 38.1 Å². The SMILES string of the molecule is CC(C)NCc1ccc(S(=O)(=O)N2CC=CCC2)cc1. The monoisotopic (exact) mass is 294 g/mol. The fourth-order valence-corrected chi connectivity index (χ4v) is 3.49. The zero-order valence-corrected chi connectivity index (χ0v) is 12.9. The van der Waals surface area contributed by atoms with E-state index in [9.17, 15) is 8.42 Å². The molecule has 0 saturated heterocycles. The molecule has 0 fully saturated rings. The first-order valence-corrected chi connectivity index (χ1v) is 8.41. The molecule has 1 aromatic rings. The summed E-state index contributed by atoms with van der Waals surface area (Å²) in [5, 5.41) is 3.31. The Bertz CT molecular complexity index is 562. The van der Waals surface area contributed by atoms with Gasteiger partial charge in [0.05, 0.1) is 4.90 Å². The summed E-state index contributed by atoms with van der Waals surface area (Å²) < 4.78 is 26.4. The Kier molecular flexibility index (Phi) is 4.96. The zero-order chi connectivity index (χ0) is 14.6. The Balaban J connectivity index is 2.10. The van der Waals surface area contributed by atoms with Crippen LogP contribution in [0.1, 0.15) is 25.8 Å². The number of nitrogens with zero attached hydrogens (tertiary/aromatic N) is 1. The van der Waals surface area contributed by atoms with E-state index in [0.29, 0.717) is 24.0 Å². The lowest BCUT2D eigenvalue weighted by Crippen LogP contribution is -2.33. The highest BCUT2D eigenvalue weighted by Gasteiger charge is 2.23. The molecule has 1 N–H and O–H groups in total. The van der Waals surface area contributed by atoms with Crippen LogP contribution in [-0.4, -0.2) is 31.9 Å². The highest BCUT2D eigenvalue weighted by Crippen LogP contribution is 2.18. The predicted octanol–water partition coefficient (Wildman–Crippen LogP) is 2.14. The summed E-state index contributed by atoms with van der Waals surface area (Å²) in [6, 6.07) is 7.57. The van der Waals surface area contributed by atoms with E-state index >= 15 is 0 Å². The summed E-state index contributed by atoms with van der Waals surface area (Å²) in [6.45, 7) is 5.96. The lowest BCUT2D eigenvalue weighted by Gasteiger charge is -2.22. The minimum Gasteiger partial charge on any atom is -0.310 e. The molecule has 0 bridgehead atoms. The summed E-state index contributed by atoms with van der Waals surface area (Å²) in [5.74, 6) is 0. The largest absolute Gasteiger partial charge is 0.310 e. The van der Waals surface area contributed by atoms with Gasteiger partial charge in [-0.25, -0.2) is 8.42 Å². The molecular weight excluding hydrogens is 272 g/mol. The molecule has 1 aliphatic rings. The zero-order valence-electron chi connectivity index (χ0n) is 12.0. The molecule has 1 heterocycles. The smallest absolute Gasteiger partial charge is 0.243 e. The number of hydrogen-bond acceptors (Lipinski definition) is 3. The molecule has 0 spiro atoms. The molecule has 4 nitrogen and oxygen atoms in total. The standard InChI is InChI=1S/C15H22N2O2S/c1-13(2)16-12-14-6-8-15(9-7-14)20(18,19)17-10-4-3-5-11-17/h3-4,6-9,13,16H,5,10-12H2,1-2H3. The molecule has 20 heavy (non-hydrogen) atoms. The first-order chi connectivity index (χ1) is 9.50. The van der Waals surface area contributed by atoms with Crippen LogP contribution in [0.3, 0.4) is 0 Å². The molecule has 2 rings (SSSR count). The van der Waals surface area contributed by atoms with Crippen LogP contribution in [0.15, 0.2) is 41.3 Å². The number of rotatable bonds is 5. The van der Waals surface area contributed by atoms with Crippen LogP contribution in [0.2, 0.25) is 0 Å². The lowest BCUT2D eigenvalue weighted by atomic mass is 10.2. The highest BCUT2D eigenvalue weighted by atomic mass is 32.2. The predicted molar refractivity (Wildman–Crippen MR) is 80.9 cm³/mol. The van der Waals surface area contributed by atoms with Gasteiger partial charge in [-0.05, 0) is 24.1 Å². The van der Waals surface area contributed by atoms with Crippen LogP contribution in [-0.2, 0) is 16.6 Å². The molecule has 0 aliphatic carbocycles. The van der Waals surface area contributed by atoms with Crippen molar-refractivity contribution in [2.75, 3.05) is 13.1 Å². The summed E-state index contributed by atoms with van der Waals surface area (Å²) in [5.41, 5.74) is 1.09. The van der Waals surface area contributed by atoms with Gasteiger partial charge < -0.3 is 5.32 Å². The number of sulfonamides is 1. The van der Waals surface area contributed by atoms with Gasteiger partial charge in [0.1, 0.15) is 0 Å². The minimum absolute atomic E-state index is 0.376. The number of hydrogen-bond donors (Lipinski definition) is 1. The van der Waals surface area contributed by atoms with Gasteiger partial charge in [0, 0.05) is 25.7 Å². The van der Waals surface area contributed by atoms with E-state index in [1.165, 1.54) is 4.31 Å². The topological polar surface area (TPSA) is 49.4 Å². The third kappa shape index (κ3) is 3.69. The van der Waals surface area contributed by atoms with E-state index in [4.69, 9.17) is 0 Å². The van der Waals surface area contributed by atoms with E-state index < -0.39 is 10.0 Å². The quantitative estimate of drug-likeness (QED) is 0.846. The summed E-state index contributed by atoms with van der Waals surface area (Å²) in [6.07, 6.45) is 4.71. The molecule has 1 aromatic carbocycles. The number of nitrogens with one attached hydrogen (secondary N) is 1. The van der Waals surface area contributed by atoms with Gasteiger partial charge in [0.25, 0.3) is 0 Å². The molecule has 1 aliphatic heterocycles. The van der Waals surface area contributed by atoms with Crippen molar-refractivity contribution in [3.05, 3.63) is 42.0 Å². The second-order valence-corrected chi connectivity index (χ2v) is 7.24. The Morgan fingerprint density at radius 3 is 2.45 bits per heavy atom. The first-order valence-electron chi connectivity index (χ1n) is 6.97. The fourth-order valence-electron chi connectivity index (χ4n) is 2.09. The molecule has 0 atom stereocenters. The van der Waals surface area contributed by atoms with Crippen LogP contribution >= 0.6 is 0 Å². The van der Waals surface area contributed by atoms with Crippen LogP contribution in [0.5, 0.6) is 0 Å². The maximum Gasteiger partial charge on any atom is 0.243 e. The van der Waals surface area contributed by atoms with Crippen molar-refractivity contribution >= 4 is 10.0 Å². The van der Waals surface area contributed by atoms with E-state index in [2.05, 4.69) is 19.2 Å². The van der Waals surface area contributed by atoms with Gasteiger partial charge in [-0.3, -0.25) is 0 Å². The molecule has 0 aromatic heterocycles. The first kappa shape index (κ1) is 15.2. The van der Waals surface area contributed by atoms with Crippen LogP contribution in [0, 0.1) is 0 Å². The molecular formula is C15H22N2O2S. The van der Waals surface area contributed by atoms with Crippen LogP contribution in [0.25, 0.3) is 0 Å².